The van der Waals surface area contributed by atoms with Crippen LogP contribution in [-0.4, -0.2) is 10.1 Å². The van der Waals surface area contributed by atoms with Crippen LogP contribution in [0.3, 0.4) is 0 Å². The molecule has 0 aliphatic heterocycles. The second kappa shape index (κ2) is 6.23. The average Bonchev–Trinajstić information content (AvgIpc) is 2.38. The van der Waals surface area contributed by atoms with E-state index in [4.69, 9.17) is 11.6 Å². The van der Waals surface area contributed by atoms with Gasteiger partial charge in [-0.15, -0.1) is 11.8 Å². The Labute approximate surface area is 116 Å². The van der Waals surface area contributed by atoms with Gasteiger partial charge in [0.15, 0.2) is 0 Å². The summed E-state index contributed by atoms with van der Waals surface area (Å²) in [4.78, 5) is 5.12. The van der Waals surface area contributed by atoms with E-state index in [0.29, 0.717) is 5.02 Å². The van der Waals surface area contributed by atoms with Crippen LogP contribution >= 0.6 is 23.4 Å². The molecule has 0 amide bonds. The van der Waals surface area contributed by atoms with Crippen molar-refractivity contribution >= 4 is 23.4 Å². The molecule has 2 aromatic rings. The Kier molecular flexibility index (Phi) is 4.64. The van der Waals surface area contributed by atoms with E-state index in [-0.39, 0.29) is 0 Å². The third kappa shape index (κ3) is 3.48. The van der Waals surface area contributed by atoms with Gasteiger partial charge in [0.2, 0.25) is 0 Å². The van der Waals surface area contributed by atoms with Crippen LogP contribution < -0.4 is 0 Å². The van der Waals surface area contributed by atoms with E-state index < -0.39 is 6.10 Å². The molecule has 1 heterocycles. The number of benzene rings is 1. The van der Waals surface area contributed by atoms with Gasteiger partial charge in [-0.05, 0) is 36.2 Å². The zero-order valence-corrected chi connectivity index (χ0v) is 11.6. The summed E-state index contributed by atoms with van der Waals surface area (Å²) in [5, 5.41) is 10.1. The molecule has 0 saturated heterocycles. The minimum absolute atomic E-state index is 0.418. The average molecular weight is 280 g/mol. The maximum absolute atomic E-state index is 9.43. The minimum Gasteiger partial charge on any atom is -0.389 e. The number of aromatic nitrogens is 1. The minimum atomic E-state index is -0.418. The smallest absolute Gasteiger partial charge is 0.0761 e. The predicted molar refractivity (Wildman–Crippen MR) is 75.9 cm³/mol. The number of aliphatic hydroxyl groups is 1. The lowest BCUT2D eigenvalue weighted by atomic mass is 10.1. The highest BCUT2D eigenvalue weighted by molar-refractivity contribution is 7.98. The van der Waals surface area contributed by atoms with E-state index in [0.717, 1.165) is 21.8 Å². The molecule has 1 N–H and O–H groups in total. The van der Waals surface area contributed by atoms with Crippen molar-refractivity contribution in [2.75, 3.05) is 0 Å². The molecular formula is C14H14ClNOS. The summed E-state index contributed by atoms with van der Waals surface area (Å²) in [5.41, 5.74) is 2.01. The molecule has 0 aliphatic carbocycles. The lowest BCUT2D eigenvalue weighted by Gasteiger charge is -2.07. The molecule has 0 saturated carbocycles. The summed E-state index contributed by atoms with van der Waals surface area (Å²) in [5.74, 6) is 0.815. The van der Waals surface area contributed by atoms with Gasteiger partial charge in [0.05, 0.1) is 11.1 Å². The first-order valence-electron chi connectivity index (χ1n) is 5.66. The van der Waals surface area contributed by atoms with Gasteiger partial charge in [-0.1, -0.05) is 23.7 Å². The van der Waals surface area contributed by atoms with E-state index in [1.807, 2.05) is 30.3 Å². The van der Waals surface area contributed by atoms with Crippen molar-refractivity contribution in [2.45, 2.75) is 23.7 Å². The number of nitrogens with zero attached hydrogens (tertiary/aromatic N) is 1. The number of aliphatic hydroxyl groups excluding tert-OH is 1. The Morgan fingerprint density at radius 1 is 1.28 bits per heavy atom. The molecule has 0 spiro atoms. The van der Waals surface area contributed by atoms with Gasteiger partial charge in [0.25, 0.3) is 0 Å². The molecule has 4 heteroatoms. The van der Waals surface area contributed by atoms with E-state index in [1.54, 1.807) is 31.1 Å². The van der Waals surface area contributed by atoms with Crippen LogP contribution in [0.25, 0.3) is 0 Å². The second-order valence-electron chi connectivity index (χ2n) is 4.00. The molecular weight excluding hydrogens is 266 g/mol. The third-order valence-corrected chi connectivity index (χ3v) is 4.01. The van der Waals surface area contributed by atoms with Crippen molar-refractivity contribution in [1.82, 2.24) is 4.98 Å². The summed E-state index contributed by atoms with van der Waals surface area (Å²) >= 11 is 7.76. The number of rotatable bonds is 4. The highest BCUT2D eigenvalue weighted by Crippen LogP contribution is 2.27. The molecule has 0 fully saturated rings. The van der Waals surface area contributed by atoms with Crippen molar-refractivity contribution in [2.24, 2.45) is 0 Å². The van der Waals surface area contributed by atoms with Crippen LogP contribution in [0, 0.1) is 0 Å². The molecule has 0 radical (unpaired) electrons. The summed E-state index contributed by atoms with van der Waals surface area (Å²) < 4.78 is 0. The summed E-state index contributed by atoms with van der Waals surface area (Å²) in [6.45, 7) is 1.76. The van der Waals surface area contributed by atoms with Crippen molar-refractivity contribution < 1.29 is 5.11 Å². The van der Waals surface area contributed by atoms with Crippen LogP contribution in [0.15, 0.2) is 47.6 Å². The first-order valence-corrected chi connectivity index (χ1v) is 7.02. The largest absolute Gasteiger partial charge is 0.389 e. The van der Waals surface area contributed by atoms with Gasteiger partial charge in [0, 0.05) is 23.0 Å². The Hall–Kier alpha value is -1.03. The maximum atomic E-state index is 9.43. The van der Waals surface area contributed by atoms with Crippen LogP contribution in [0.4, 0.5) is 0 Å². The molecule has 1 atom stereocenters. The van der Waals surface area contributed by atoms with Crippen molar-refractivity contribution in [3.63, 3.8) is 0 Å². The highest BCUT2D eigenvalue weighted by atomic mass is 35.5. The lowest BCUT2D eigenvalue weighted by molar-refractivity contribution is 0.199. The third-order valence-electron chi connectivity index (χ3n) is 2.61. The van der Waals surface area contributed by atoms with Gasteiger partial charge < -0.3 is 5.11 Å². The van der Waals surface area contributed by atoms with Crippen molar-refractivity contribution in [3.05, 3.63) is 58.9 Å². The van der Waals surface area contributed by atoms with Gasteiger partial charge in [-0.25, -0.2) is 0 Å². The molecule has 0 bridgehead atoms. The maximum Gasteiger partial charge on any atom is 0.0761 e. The van der Waals surface area contributed by atoms with E-state index >= 15 is 0 Å². The van der Waals surface area contributed by atoms with Gasteiger partial charge in [-0.2, -0.15) is 0 Å². The summed E-state index contributed by atoms with van der Waals surface area (Å²) in [6, 6.07) is 9.85. The van der Waals surface area contributed by atoms with Crippen LogP contribution in [0.2, 0.25) is 5.02 Å². The fourth-order valence-corrected chi connectivity index (χ4v) is 2.69. The highest BCUT2D eigenvalue weighted by Gasteiger charge is 2.03. The first-order chi connectivity index (χ1) is 8.66. The van der Waals surface area contributed by atoms with Crippen LogP contribution in [-0.2, 0) is 5.75 Å². The molecule has 18 heavy (non-hydrogen) atoms. The van der Waals surface area contributed by atoms with E-state index in [1.165, 1.54) is 0 Å². The Bertz CT molecular complexity index is 513. The topological polar surface area (TPSA) is 33.1 Å². The van der Waals surface area contributed by atoms with Crippen LogP contribution in [0.1, 0.15) is 24.2 Å². The molecule has 1 aromatic carbocycles. The van der Waals surface area contributed by atoms with Crippen molar-refractivity contribution in [1.29, 1.82) is 0 Å². The normalized spacial score (nSPS) is 12.4. The molecule has 2 rings (SSSR count). The fourth-order valence-electron chi connectivity index (χ4n) is 1.52. The zero-order chi connectivity index (χ0) is 13.0. The second-order valence-corrected chi connectivity index (χ2v) is 5.46. The Morgan fingerprint density at radius 3 is 2.61 bits per heavy atom. The zero-order valence-electron chi connectivity index (χ0n) is 10.0. The molecule has 1 aromatic heterocycles. The standard InChI is InChI=1S/C14H14ClNOS/c1-10(17)11-2-4-13(5-3-11)18-9-12-6-7-16-8-14(12)15/h2-8,10,17H,9H2,1H3. The quantitative estimate of drug-likeness (QED) is 0.856. The Balaban J connectivity index is 2.00. The Morgan fingerprint density at radius 2 is 2.00 bits per heavy atom. The molecule has 2 nitrogen and oxygen atoms in total. The SMILES string of the molecule is CC(O)c1ccc(SCc2ccncc2Cl)cc1. The van der Waals surface area contributed by atoms with Gasteiger partial charge in [0.1, 0.15) is 0 Å². The first kappa shape index (κ1) is 13.4. The van der Waals surface area contributed by atoms with Gasteiger partial charge >= 0.3 is 0 Å². The predicted octanol–water partition coefficient (Wildman–Crippen LogP) is 4.08. The number of thioether (sulfide) groups is 1. The summed E-state index contributed by atoms with van der Waals surface area (Å²) in [7, 11) is 0. The molecule has 0 aliphatic rings. The lowest BCUT2D eigenvalue weighted by Crippen LogP contribution is -1.90. The monoisotopic (exact) mass is 279 g/mol. The number of pyridine rings is 1. The molecule has 94 valence electrons. The van der Waals surface area contributed by atoms with E-state index in [2.05, 4.69) is 4.98 Å². The van der Waals surface area contributed by atoms with Crippen LogP contribution in [0.5, 0.6) is 0 Å². The molecule has 1 unspecified atom stereocenters. The fraction of sp³-hybridized carbons (Fsp3) is 0.214. The van der Waals surface area contributed by atoms with E-state index in [9.17, 15) is 5.11 Å². The number of hydrogen-bond donors (Lipinski definition) is 1. The summed E-state index contributed by atoms with van der Waals surface area (Å²) in [6.07, 6.45) is 2.99. The van der Waals surface area contributed by atoms with Crippen molar-refractivity contribution in [3.8, 4) is 0 Å². The number of hydrogen-bond acceptors (Lipinski definition) is 3. The van der Waals surface area contributed by atoms with Gasteiger partial charge in [-0.3, -0.25) is 4.98 Å². The number of halogens is 1.